The summed E-state index contributed by atoms with van der Waals surface area (Å²) in [5.41, 5.74) is 1.08. The predicted molar refractivity (Wildman–Crippen MR) is 117 cm³/mol. The molecule has 30 heavy (non-hydrogen) atoms. The molecular weight excluding hydrogens is 447 g/mol. The first kappa shape index (κ1) is 22.5. The number of benzene rings is 2. The van der Waals surface area contributed by atoms with Gasteiger partial charge in [-0.25, -0.2) is 8.42 Å². The Hall–Kier alpha value is -2.19. The van der Waals surface area contributed by atoms with E-state index in [9.17, 15) is 18.0 Å². The van der Waals surface area contributed by atoms with E-state index < -0.39 is 10.0 Å². The summed E-state index contributed by atoms with van der Waals surface area (Å²) < 4.78 is 27.1. The summed E-state index contributed by atoms with van der Waals surface area (Å²) in [5, 5.41) is 0.838. The molecule has 6 nitrogen and oxygen atoms in total. The van der Waals surface area contributed by atoms with Gasteiger partial charge in [-0.15, -0.1) is 0 Å². The van der Waals surface area contributed by atoms with E-state index in [0.717, 1.165) is 5.56 Å². The lowest BCUT2D eigenvalue weighted by atomic mass is 10.2. The molecule has 0 spiro atoms. The lowest BCUT2D eigenvalue weighted by Crippen LogP contribution is -2.50. The minimum absolute atomic E-state index is 0.0782. The molecule has 1 aliphatic rings. The SMILES string of the molecule is CC(=O)c1cccc(S(=O)(=O)N2CCN(C(=O)/C=C/c3ccc(Cl)c(Cl)c3)CC2)c1. The zero-order chi connectivity index (χ0) is 21.9. The fourth-order valence-corrected chi connectivity index (χ4v) is 4.84. The van der Waals surface area contributed by atoms with Crippen molar-refractivity contribution in [2.24, 2.45) is 0 Å². The number of amides is 1. The van der Waals surface area contributed by atoms with Crippen LogP contribution in [0.1, 0.15) is 22.8 Å². The molecule has 1 fully saturated rings. The first-order chi connectivity index (χ1) is 14.2. The second-order valence-corrected chi connectivity index (χ2v) is 9.57. The summed E-state index contributed by atoms with van der Waals surface area (Å²) in [6.07, 6.45) is 3.07. The van der Waals surface area contributed by atoms with Crippen molar-refractivity contribution in [3.63, 3.8) is 0 Å². The fraction of sp³-hybridized carbons (Fsp3) is 0.238. The van der Waals surface area contributed by atoms with Crippen LogP contribution in [0.4, 0.5) is 0 Å². The maximum Gasteiger partial charge on any atom is 0.246 e. The van der Waals surface area contributed by atoms with Crippen molar-refractivity contribution in [2.75, 3.05) is 26.2 Å². The van der Waals surface area contributed by atoms with Crippen LogP contribution in [0.15, 0.2) is 53.4 Å². The maximum atomic E-state index is 12.9. The van der Waals surface area contributed by atoms with Crippen LogP contribution in [0.25, 0.3) is 6.08 Å². The highest BCUT2D eigenvalue weighted by Crippen LogP contribution is 2.23. The van der Waals surface area contributed by atoms with Crippen molar-refractivity contribution in [3.8, 4) is 0 Å². The summed E-state index contributed by atoms with van der Waals surface area (Å²) in [6, 6.07) is 11.0. The third-order valence-corrected chi connectivity index (χ3v) is 7.42. The zero-order valence-corrected chi connectivity index (χ0v) is 18.5. The summed E-state index contributed by atoms with van der Waals surface area (Å²) >= 11 is 11.9. The Morgan fingerprint density at radius 3 is 2.30 bits per heavy atom. The average Bonchev–Trinajstić information content (AvgIpc) is 2.74. The quantitative estimate of drug-likeness (QED) is 0.496. The lowest BCUT2D eigenvalue weighted by Gasteiger charge is -2.33. The molecule has 0 N–H and O–H groups in total. The van der Waals surface area contributed by atoms with E-state index in [1.807, 2.05) is 0 Å². The Balaban J connectivity index is 1.64. The number of Topliss-reactive ketones (excluding diaryl/α,β-unsaturated/α-hetero) is 1. The Morgan fingerprint density at radius 1 is 0.967 bits per heavy atom. The van der Waals surface area contributed by atoms with Gasteiger partial charge in [0.2, 0.25) is 15.9 Å². The molecule has 158 valence electrons. The highest BCUT2D eigenvalue weighted by atomic mass is 35.5. The number of sulfonamides is 1. The summed E-state index contributed by atoms with van der Waals surface area (Å²) in [4.78, 5) is 25.7. The summed E-state index contributed by atoms with van der Waals surface area (Å²) in [6.45, 7) is 2.30. The topological polar surface area (TPSA) is 74.8 Å². The normalized spacial score (nSPS) is 15.5. The number of carbonyl (C=O) groups excluding carboxylic acids is 2. The van der Waals surface area contributed by atoms with Gasteiger partial charge in [-0.1, -0.05) is 41.4 Å². The van der Waals surface area contributed by atoms with Crippen LogP contribution in [-0.4, -0.2) is 55.5 Å². The molecule has 1 saturated heterocycles. The molecule has 0 saturated carbocycles. The van der Waals surface area contributed by atoms with Gasteiger partial charge in [0.1, 0.15) is 0 Å². The molecule has 1 aliphatic heterocycles. The molecule has 0 bridgehead atoms. The number of nitrogens with zero attached hydrogens (tertiary/aromatic N) is 2. The second kappa shape index (κ2) is 9.31. The molecule has 3 rings (SSSR count). The van der Waals surface area contributed by atoms with Crippen LogP contribution in [0.3, 0.4) is 0 Å². The van der Waals surface area contributed by atoms with E-state index >= 15 is 0 Å². The van der Waals surface area contributed by atoms with E-state index in [1.165, 1.54) is 29.4 Å². The smallest absolute Gasteiger partial charge is 0.246 e. The molecule has 0 aromatic heterocycles. The summed E-state index contributed by atoms with van der Waals surface area (Å²) in [5.74, 6) is -0.409. The van der Waals surface area contributed by atoms with Crippen molar-refractivity contribution in [3.05, 3.63) is 69.7 Å². The molecular formula is C21H20Cl2N2O4S. The first-order valence-corrected chi connectivity index (χ1v) is 11.4. The molecule has 1 amide bonds. The Morgan fingerprint density at radius 2 is 1.67 bits per heavy atom. The van der Waals surface area contributed by atoms with E-state index in [0.29, 0.717) is 15.6 Å². The number of hydrogen-bond acceptors (Lipinski definition) is 4. The van der Waals surface area contributed by atoms with Crippen molar-refractivity contribution in [2.45, 2.75) is 11.8 Å². The number of hydrogen-bond donors (Lipinski definition) is 0. The number of carbonyl (C=O) groups is 2. The van der Waals surface area contributed by atoms with Crippen LogP contribution >= 0.6 is 23.2 Å². The third kappa shape index (κ3) is 5.10. The molecule has 0 radical (unpaired) electrons. The van der Waals surface area contributed by atoms with Gasteiger partial charge in [0, 0.05) is 37.8 Å². The van der Waals surface area contributed by atoms with E-state index in [-0.39, 0.29) is 42.8 Å². The first-order valence-electron chi connectivity index (χ1n) is 9.21. The van der Waals surface area contributed by atoms with Crippen LogP contribution in [0.5, 0.6) is 0 Å². The van der Waals surface area contributed by atoms with Gasteiger partial charge < -0.3 is 4.90 Å². The number of rotatable bonds is 5. The van der Waals surface area contributed by atoms with Gasteiger partial charge in [-0.2, -0.15) is 4.31 Å². The highest BCUT2D eigenvalue weighted by molar-refractivity contribution is 7.89. The van der Waals surface area contributed by atoms with Crippen LogP contribution in [0, 0.1) is 0 Å². The Labute approximate surface area is 185 Å². The molecule has 9 heteroatoms. The monoisotopic (exact) mass is 466 g/mol. The van der Waals surface area contributed by atoms with E-state index in [2.05, 4.69) is 0 Å². The molecule has 0 unspecified atom stereocenters. The van der Waals surface area contributed by atoms with Gasteiger partial charge in [0.15, 0.2) is 5.78 Å². The largest absolute Gasteiger partial charge is 0.337 e. The molecule has 2 aromatic rings. The van der Waals surface area contributed by atoms with Gasteiger partial charge in [-0.05, 0) is 42.8 Å². The molecule has 2 aromatic carbocycles. The average molecular weight is 467 g/mol. The van der Waals surface area contributed by atoms with E-state index in [1.54, 1.807) is 41.3 Å². The lowest BCUT2D eigenvalue weighted by molar-refractivity contribution is -0.127. The molecule has 1 heterocycles. The number of ketones is 1. The van der Waals surface area contributed by atoms with E-state index in [4.69, 9.17) is 23.2 Å². The third-order valence-electron chi connectivity index (χ3n) is 4.79. The van der Waals surface area contributed by atoms with Crippen LogP contribution < -0.4 is 0 Å². The fourth-order valence-electron chi connectivity index (χ4n) is 3.06. The standard InChI is InChI=1S/C21H20Cl2N2O4S/c1-15(26)17-3-2-4-18(14-17)30(28,29)25-11-9-24(10-12-25)21(27)8-6-16-5-7-19(22)20(23)13-16/h2-8,13-14H,9-12H2,1H3/b8-6+. The van der Waals surface area contributed by atoms with Gasteiger partial charge in [0.25, 0.3) is 0 Å². The number of halogens is 2. The molecule has 0 aliphatic carbocycles. The van der Waals surface area contributed by atoms with Crippen LogP contribution in [0.2, 0.25) is 10.0 Å². The summed E-state index contributed by atoms with van der Waals surface area (Å²) in [7, 11) is -3.73. The van der Waals surface area contributed by atoms with Crippen molar-refractivity contribution in [1.82, 2.24) is 9.21 Å². The highest BCUT2D eigenvalue weighted by Gasteiger charge is 2.29. The Bertz CT molecular complexity index is 1110. The second-order valence-electron chi connectivity index (χ2n) is 6.82. The zero-order valence-electron chi connectivity index (χ0n) is 16.2. The van der Waals surface area contributed by atoms with Crippen molar-refractivity contribution >= 4 is 51.0 Å². The predicted octanol–water partition coefficient (Wildman–Crippen LogP) is 3.74. The van der Waals surface area contributed by atoms with Crippen molar-refractivity contribution < 1.29 is 18.0 Å². The van der Waals surface area contributed by atoms with Gasteiger partial charge in [-0.3, -0.25) is 9.59 Å². The molecule has 0 atom stereocenters. The van der Waals surface area contributed by atoms with Crippen LogP contribution in [-0.2, 0) is 14.8 Å². The minimum Gasteiger partial charge on any atom is -0.337 e. The Kier molecular flexibility index (Phi) is 6.98. The minimum atomic E-state index is -3.73. The van der Waals surface area contributed by atoms with Gasteiger partial charge in [0.05, 0.1) is 14.9 Å². The van der Waals surface area contributed by atoms with Gasteiger partial charge >= 0.3 is 0 Å². The maximum absolute atomic E-state index is 12.9. The number of piperazine rings is 1. The van der Waals surface area contributed by atoms with Crippen molar-refractivity contribution in [1.29, 1.82) is 0 Å².